The zero-order valence-corrected chi connectivity index (χ0v) is 10.6. The number of benzene rings is 1. The smallest absolute Gasteiger partial charge is 0.249 e. The van der Waals surface area contributed by atoms with Gasteiger partial charge in [-0.2, -0.15) is 0 Å². The number of hydrogen-bond acceptors (Lipinski definition) is 3. The molecule has 2 unspecified atom stereocenters. The van der Waals surface area contributed by atoms with Crippen LogP contribution in [0.1, 0.15) is 24.5 Å². The van der Waals surface area contributed by atoms with Crippen molar-refractivity contribution in [3.63, 3.8) is 0 Å². The van der Waals surface area contributed by atoms with E-state index in [0.29, 0.717) is 13.2 Å². The van der Waals surface area contributed by atoms with Crippen LogP contribution in [-0.4, -0.2) is 32.3 Å². The fourth-order valence-electron chi connectivity index (χ4n) is 2.10. The number of nitrogens with one attached hydrogen (secondary N) is 1. The number of carbonyl (C=O) groups is 1. The first-order valence-corrected chi connectivity index (χ1v) is 6.28. The molecule has 1 aromatic rings. The number of methoxy groups -OCH3 is 1. The Kier molecular flexibility index (Phi) is 4.73. The predicted molar refractivity (Wildman–Crippen MR) is 68.2 cm³/mol. The maximum Gasteiger partial charge on any atom is 0.249 e. The second kappa shape index (κ2) is 6.52. The molecule has 4 nitrogen and oxygen atoms in total. The van der Waals surface area contributed by atoms with Gasteiger partial charge in [-0.3, -0.25) is 4.79 Å². The Morgan fingerprint density at radius 3 is 2.89 bits per heavy atom. The molecule has 2 rings (SSSR count). The molecule has 1 aliphatic heterocycles. The molecule has 4 heteroatoms. The lowest BCUT2D eigenvalue weighted by Crippen LogP contribution is -2.37. The first-order chi connectivity index (χ1) is 8.81. The lowest BCUT2D eigenvalue weighted by atomic mass is 10.1. The van der Waals surface area contributed by atoms with Crippen molar-refractivity contribution in [1.29, 1.82) is 0 Å². The average Bonchev–Trinajstić information content (AvgIpc) is 2.94. The van der Waals surface area contributed by atoms with Crippen LogP contribution in [0.25, 0.3) is 0 Å². The summed E-state index contributed by atoms with van der Waals surface area (Å²) in [7, 11) is 1.65. The summed E-state index contributed by atoms with van der Waals surface area (Å²) >= 11 is 0. The Hall–Kier alpha value is -1.39. The molecule has 0 spiro atoms. The fourth-order valence-corrected chi connectivity index (χ4v) is 2.10. The first kappa shape index (κ1) is 13.1. The zero-order valence-electron chi connectivity index (χ0n) is 10.6. The van der Waals surface area contributed by atoms with Crippen LogP contribution in [0.5, 0.6) is 0 Å². The predicted octanol–water partition coefficient (Wildman–Crippen LogP) is 1.67. The number of hydrogen-bond donors (Lipinski definition) is 1. The van der Waals surface area contributed by atoms with Crippen molar-refractivity contribution in [2.45, 2.75) is 25.0 Å². The highest BCUT2D eigenvalue weighted by Crippen LogP contribution is 2.16. The zero-order chi connectivity index (χ0) is 12.8. The van der Waals surface area contributed by atoms with Crippen molar-refractivity contribution < 1.29 is 14.3 Å². The molecular formula is C14H19NO3. The number of rotatable bonds is 5. The summed E-state index contributed by atoms with van der Waals surface area (Å²) in [6.07, 6.45) is 1.38. The van der Waals surface area contributed by atoms with E-state index in [-0.39, 0.29) is 18.1 Å². The molecular weight excluding hydrogens is 230 g/mol. The summed E-state index contributed by atoms with van der Waals surface area (Å²) < 4.78 is 10.7. The van der Waals surface area contributed by atoms with Gasteiger partial charge in [-0.05, 0) is 18.4 Å². The first-order valence-electron chi connectivity index (χ1n) is 6.28. The van der Waals surface area contributed by atoms with Crippen molar-refractivity contribution in [3.05, 3.63) is 35.9 Å². The lowest BCUT2D eigenvalue weighted by molar-refractivity contribution is -0.130. The second-order valence-corrected chi connectivity index (χ2v) is 4.38. The molecule has 1 saturated heterocycles. The van der Waals surface area contributed by atoms with Gasteiger partial charge in [0.15, 0.2) is 0 Å². The van der Waals surface area contributed by atoms with E-state index in [2.05, 4.69) is 5.32 Å². The topological polar surface area (TPSA) is 47.6 Å². The molecule has 1 N–H and O–H groups in total. The van der Waals surface area contributed by atoms with Crippen LogP contribution in [-0.2, 0) is 14.3 Å². The van der Waals surface area contributed by atoms with E-state index in [0.717, 1.165) is 18.4 Å². The van der Waals surface area contributed by atoms with Crippen LogP contribution in [0.3, 0.4) is 0 Å². The SMILES string of the molecule is COC(CNC(=O)C1CCCO1)c1ccccc1. The molecule has 98 valence electrons. The molecule has 1 aliphatic rings. The molecule has 18 heavy (non-hydrogen) atoms. The molecule has 0 aromatic heterocycles. The Morgan fingerprint density at radius 2 is 2.28 bits per heavy atom. The highest BCUT2D eigenvalue weighted by Gasteiger charge is 2.24. The summed E-state index contributed by atoms with van der Waals surface area (Å²) in [6, 6.07) is 9.87. The van der Waals surface area contributed by atoms with Gasteiger partial charge in [-0.25, -0.2) is 0 Å². The van der Waals surface area contributed by atoms with Gasteiger partial charge in [-0.1, -0.05) is 30.3 Å². The molecule has 0 bridgehead atoms. The third kappa shape index (κ3) is 3.31. The summed E-state index contributed by atoms with van der Waals surface area (Å²) in [5.74, 6) is -0.0366. The summed E-state index contributed by atoms with van der Waals surface area (Å²) in [4.78, 5) is 11.8. The Balaban J connectivity index is 1.85. The molecule has 2 atom stereocenters. The average molecular weight is 249 g/mol. The van der Waals surface area contributed by atoms with E-state index in [1.165, 1.54) is 0 Å². The molecule has 1 amide bonds. The lowest BCUT2D eigenvalue weighted by Gasteiger charge is -2.18. The van der Waals surface area contributed by atoms with Gasteiger partial charge in [0.25, 0.3) is 0 Å². The van der Waals surface area contributed by atoms with E-state index >= 15 is 0 Å². The Morgan fingerprint density at radius 1 is 1.50 bits per heavy atom. The van der Waals surface area contributed by atoms with Gasteiger partial charge in [-0.15, -0.1) is 0 Å². The van der Waals surface area contributed by atoms with Crippen LogP contribution in [0.2, 0.25) is 0 Å². The van der Waals surface area contributed by atoms with Crippen LogP contribution >= 0.6 is 0 Å². The van der Waals surface area contributed by atoms with E-state index in [1.807, 2.05) is 30.3 Å². The summed E-state index contributed by atoms with van der Waals surface area (Å²) in [5.41, 5.74) is 1.06. The highest BCUT2D eigenvalue weighted by molar-refractivity contribution is 5.80. The van der Waals surface area contributed by atoms with Crippen LogP contribution in [0, 0.1) is 0 Å². The number of carbonyl (C=O) groups excluding carboxylic acids is 1. The minimum atomic E-state index is -0.279. The normalized spacial score (nSPS) is 20.6. The third-order valence-electron chi connectivity index (χ3n) is 3.14. The summed E-state index contributed by atoms with van der Waals surface area (Å²) in [6.45, 7) is 1.16. The van der Waals surface area contributed by atoms with Gasteiger partial charge in [0.1, 0.15) is 6.10 Å². The summed E-state index contributed by atoms with van der Waals surface area (Å²) in [5, 5.41) is 2.89. The van der Waals surface area contributed by atoms with Crippen molar-refractivity contribution >= 4 is 5.91 Å². The van der Waals surface area contributed by atoms with E-state index in [4.69, 9.17) is 9.47 Å². The monoisotopic (exact) mass is 249 g/mol. The van der Waals surface area contributed by atoms with Crippen molar-refractivity contribution in [1.82, 2.24) is 5.32 Å². The standard InChI is InChI=1S/C14H19NO3/c1-17-13(11-6-3-2-4-7-11)10-15-14(16)12-8-5-9-18-12/h2-4,6-7,12-13H,5,8-10H2,1H3,(H,15,16). The number of ether oxygens (including phenoxy) is 2. The molecule has 0 radical (unpaired) electrons. The molecule has 0 saturated carbocycles. The molecule has 1 fully saturated rings. The van der Waals surface area contributed by atoms with Crippen molar-refractivity contribution in [2.24, 2.45) is 0 Å². The quantitative estimate of drug-likeness (QED) is 0.863. The van der Waals surface area contributed by atoms with Gasteiger partial charge >= 0.3 is 0 Å². The van der Waals surface area contributed by atoms with E-state index in [1.54, 1.807) is 7.11 Å². The van der Waals surface area contributed by atoms with Gasteiger partial charge in [0.2, 0.25) is 5.91 Å². The molecule has 1 aromatic carbocycles. The minimum absolute atomic E-state index is 0.0366. The van der Waals surface area contributed by atoms with Crippen molar-refractivity contribution in [3.8, 4) is 0 Å². The van der Waals surface area contributed by atoms with Gasteiger partial charge < -0.3 is 14.8 Å². The minimum Gasteiger partial charge on any atom is -0.375 e. The maximum absolute atomic E-state index is 11.8. The van der Waals surface area contributed by atoms with E-state index < -0.39 is 0 Å². The highest BCUT2D eigenvalue weighted by atomic mass is 16.5. The maximum atomic E-state index is 11.8. The fraction of sp³-hybridized carbons (Fsp3) is 0.500. The third-order valence-corrected chi connectivity index (χ3v) is 3.14. The van der Waals surface area contributed by atoms with E-state index in [9.17, 15) is 4.79 Å². The van der Waals surface area contributed by atoms with Crippen molar-refractivity contribution in [2.75, 3.05) is 20.3 Å². The van der Waals surface area contributed by atoms with Gasteiger partial charge in [0, 0.05) is 20.3 Å². The largest absolute Gasteiger partial charge is 0.375 e. The van der Waals surface area contributed by atoms with Gasteiger partial charge in [0.05, 0.1) is 6.10 Å². The van der Waals surface area contributed by atoms with Crippen LogP contribution < -0.4 is 5.32 Å². The molecule has 1 heterocycles. The Labute approximate surface area is 107 Å². The van der Waals surface area contributed by atoms with Crippen LogP contribution in [0.15, 0.2) is 30.3 Å². The molecule has 0 aliphatic carbocycles. The van der Waals surface area contributed by atoms with Crippen LogP contribution in [0.4, 0.5) is 0 Å². The Bertz CT molecular complexity index is 374. The second-order valence-electron chi connectivity index (χ2n) is 4.38. The number of amides is 1.